The minimum atomic E-state index is -3.70. The number of ether oxygens (including phenoxy) is 1. The van der Waals surface area contributed by atoms with Crippen LogP contribution in [-0.4, -0.2) is 51.0 Å². The monoisotopic (exact) mass is 477 g/mol. The number of piperazine rings is 1. The third-order valence-corrected chi connectivity index (χ3v) is 8.46. The van der Waals surface area contributed by atoms with Crippen LogP contribution in [0.5, 0.6) is 5.75 Å². The van der Waals surface area contributed by atoms with Crippen LogP contribution < -0.4 is 9.64 Å². The molecule has 1 aliphatic heterocycles. The number of benzene rings is 2. The van der Waals surface area contributed by atoms with Crippen molar-refractivity contribution in [3.8, 4) is 17.0 Å². The maximum Gasteiger partial charge on any atom is 0.246 e. The third-order valence-electron chi connectivity index (χ3n) is 5.40. The molecular formula is C22H24ClN3O3S2. The number of rotatable bonds is 6. The Morgan fingerprint density at radius 2 is 1.81 bits per heavy atom. The SMILES string of the molecule is CCc1ccc(-c2csc(N3CCN(S(=O)(=O)c4cc(Cl)ccc4OC)CC3)n2)cc1. The van der Waals surface area contributed by atoms with Crippen molar-refractivity contribution < 1.29 is 13.2 Å². The summed E-state index contributed by atoms with van der Waals surface area (Å²) >= 11 is 7.62. The lowest BCUT2D eigenvalue weighted by Crippen LogP contribution is -2.48. The molecule has 0 aliphatic carbocycles. The van der Waals surface area contributed by atoms with Crippen LogP contribution in [0, 0.1) is 0 Å². The van der Waals surface area contributed by atoms with Crippen LogP contribution in [0.2, 0.25) is 5.02 Å². The molecule has 0 N–H and O–H groups in total. The smallest absolute Gasteiger partial charge is 0.246 e. The van der Waals surface area contributed by atoms with Crippen LogP contribution in [0.4, 0.5) is 5.13 Å². The van der Waals surface area contributed by atoms with Gasteiger partial charge in [0, 0.05) is 42.1 Å². The molecule has 2 aromatic carbocycles. The summed E-state index contributed by atoms with van der Waals surface area (Å²) in [4.78, 5) is 7.02. The fraction of sp³-hybridized carbons (Fsp3) is 0.318. The lowest BCUT2D eigenvalue weighted by Gasteiger charge is -2.34. The van der Waals surface area contributed by atoms with E-state index in [1.807, 2.05) is 0 Å². The van der Waals surface area contributed by atoms with Gasteiger partial charge < -0.3 is 9.64 Å². The standard InChI is InChI=1S/C22H24ClN3O3S2/c1-3-16-4-6-17(7-5-16)19-15-30-22(24-19)25-10-12-26(13-11-25)31(27,28)21-14-18(23)8-9-20(21)29-2/h4-9,14-15H,3,10-13H2,1-2H3. The molecule has 4 rings (SSSR count). The lowest BCUT2D eigenvalue weighted by molar-refractivity contribution is 0.374. The zero-order chi connectivity index (χ0) is 22.0. The van der Waals surface area contributed by atoms with Crippen LogP contribution in [0.3, 0.4) is 0 Å². The Bertz CT molecular complexity index is 1150. The van der Waals surface area contributed by atoms with E-state index in [-0.39, 0.29) is 4.90 Å². The summed E-state index contributed by atoms with van der Waals surface area (Å²) in [5.41, 5.74) is 3.34. The molecule has 31 heavy (non-hydrogen) atoms. The molecular weight excluding hydrogens is 454 g/mol. The minimum Gasteiger partial charge on any atom is -0.495 e. The Balaban J connectivity index is 1.46. The van der Waals surface area contributed by atoms with Gasteiger partial charge in [-0.15, -0.1) is 11.3 Å². The Morgan fingerprint density at radius 1 is 1.10 bits per heavy atom. The number of thiazole rings is 1. The van der Waals surface area contributed by atoms with Gasteiger partial charge in [0.05, 0.1) is 12.8 Å². The van der Waals surface area contributed by atoms with Crippen LogP contribution in [-0.2, 0) is 16.4 Å². The number of aryl methyl sites for hydroxylation is 1. The van der Waals surface area contributed by atoms with Crippen molar-refractivity contribution in [2.24, 2.45) is 0 Å². The first-order valence-corrected chi connectivity index (χ1v) is 12.8. The van der Waals surface area contributed by atoms with Crippen molar-refractivity contribution in [3.05, 3.63) is 58.4 Å². The van der Waals surface area contributed by atoms with E-state index in [0.717, 1.165) is 22.8 Å². The number of nitrogens with zero attached hydrogens (tertiary/aromatic N) is 3. The average Bonchev–Trinajstić information content (AvgIpc) is 3.29. The molecule has 0 radical (unpaired) electrons. The molecule has 0 atom stereocenters. The van der Waals surface area contributed by atoms with Crippen molar-refractivity contribution in [1.82, 2.24) is 9.29 Å². The van der Waals surface area contributed by atoms with Crippen molar-refractivity contribution in [3.63, 3.8) is 0 Å². The number of hydrogen-bond acceptors (Lipinski definition) is 6. The third kappa shape index (κ3) is 4.57. The Labute approximate surface area is 192 Å². The molecule has 0 saturated carbocycles. The zero-order valence-corrected chi connectivity index (χ0v) is 19.8. The molecule has 2 heterocycles. The highest BCUT2D eigenvalue weighted by Gasteiger charge is 2.31. The Kier molecular flexibility index (Phi) is 6.52. The van der Waals surface area contributed by atoms with E-state index >= 15 is 0 Å². The van der Waals surface area contributed by atoms with Crippen molar-refractivity contribution in [1.29, 1.82) is 0 Å². The molecule has 6 nitrogen and oxygen atoms in total. The molecule has 164 valence electrons. The fourth-order valence-electron chi connectivity index (χ4n) is 3.56. The molecule has 9 heteroatoms. The van der Waals surface area contributed by atoms with Crippen LogP contribution in [0.1, 0.15) is 12.5 Å². The van der Waals surface area contributed by atoms with Crippen molar-refractivity contribution >= 4 is 38.1 Å². The quantitative estimate of drug-likeness (QED) is 0.521. The highest BCUT2D eigenvalue weighted by molar-refractivity contribution is 7.89. The Hall–Kier alpha value is -2.13. The maximum absolute atomic E-state index is 13.2. The number of aromatic nitrogens is 1. The van der Waals surface area contributed by atoms with Gasteiger partial charge in [-0.1, -0.05) is 42.8 Å². The van der Waals surface area contributed by atoms with Crippen molar-refractivity contribution in [2.75, 3.05) is 38.2 Å². The zero-order valence-electron chi connectivity index (χ0n) is 17.4. The summed E-state index contributed by atoms with van der Waals surface area (Å²) in [5.74, 6) is 0.297. The summed E-state index contributed by atoms with van der Waals surface area (Å²) in [7, 11) is -2.24. The number of halogens is 1. The first kappa shape index (κ1) is 22.1. The van der Waals surface area contributed by atoms with E-state index in [4.69, 9.17) is 21.3 Å². The summed E-state index contributed by atoms with van der Waals surface area (Å²) in [6, 6.07) is 13.1. The highest BCUT2D eigenvalue weighted by atomic mass is 35.5. The first-order valence-electron chi connectivity index (χ1n) is 10.1. The van der Waals surface area contributed by atoms with E-state index in [0.29, 0.717) is 37.0 Å². The largest absolute Gasteiger partial charge is 0.495 e. The average molecular weight is 478 g/mol. The number of sulfonamides is 1. The Morgan fingerprint density at radius 3 is 2.45 bits per heavy atom. The molecule has 0 unspecified atom stereocenters. The molecule has 0 spiro atoms. The lowest BCUT2D eigenvalue weighted by atomic mass is 10.1. The van der Waals surface area contributed by atoms with E-state index in [1.54, 1.807) is 23.5 Å². The van der Waals surface area contributed by atoms with Crippen LogP contribution >= 0.6 is 22.9 Å². The van der Waals surface area contributed by atoms with Gasteiger partial charge in [0.2, 0.25) is 10.0 Å². The predicted octanol–water partition coefficient (Wildman–Crippen LogP) is 4.55. The van der Waals surface area contributed by atoms with E-state index < -0.39 is 10.0 Å². The summed E-state index contributed by atoms with van der Waals surface area (Å²) in [6.45, 7) is 4.03. The minimum absolute atomic E-state index is 0.100. The second-order valence-corrected chi connectivity index (χ2v) is 10.4. The van der Waals surface area contributed by atoms with Crippen LogP contribution in [0.15, 0.2) is 52.7 Å². The topological polar surface area (TPSA) is 62.7 Å². The van der Waals surface area contributed by atoms with Gasteiger partial charge in [-0.05, 0) is 30.2 Å². The molecule has 0 amide bonds. The van der Waals surface area contributed by atoms with Gasteiger partial charge in [0.15, 0.2) is 5.13 Å². The van der Waals surface area contributed by atoms with Crippen LogP contribution in [0.25, 0.3) is 11.3 Å². The van der Waals surface area contributed by atoms with Gasteiger partial charge in [0.25, 0.3) is 0 Å². The first-order chi connectivity index (χ1) is 14.9. The number of hydrogen-bond donors (Lipinski definition) is 0. The summed E-state index contributed by atoms with van der Waals surface area (Å²) in [5, 5.41) is 3.32. The predicted molar refractivity (Wildman–Crippen MR) is 126 cm³/mol. The second-order valence-electron chi connectivity index (χ2n) is 7.25. The summed E-state index contributed by atoms with van der Waals surface area (Å²) in [6.07, 6.45) is 1.01. The molecule has 1 fully saturated rings. The van der Waals surface area contributed by atoms with E-state index in [1.165, 1.54) is 23.0 Å². The van der Waals surface area contributed by atoms with Gasteiger partial charge in [-0.2, -0.15) is 4.31 Å². The fourth-order valence-corrected chi connectivity index (χ4v) is 6.29. The molecule has 0 bridgehead atoms. The molecule has 1 saturated heterocycles. The number of anilines is 1. The second kappa shape index (κ2) is 9.16. The maximum atomic E-state index is 13.2. The molecule has 3 aromatic rings. The highest BCUT2D eigenvalue weighted by Crippen LogP contribution is 2.32. The van der Waals surface area contributed by atoms with Crippen molar-refractivity contribution in [2.45, 2.75) is 18.2 Å². The van der Waals surface area contributed by atoms with Gasteiger partial charge >= 0.3 is 0 Å². The normalized spacial score (nSPS) is 15.3. The van der Waals surface area contributed by atoms with Gasteiger partial charge in [0.1, 0.15) is 10.6 Å². The van der Waals surface area contributed by atoms with E-state index in [2.05, 4.69) is 41.5 Å². The molecule has 1 aromatic heterocycles. The molecule has 1 aliphatic rings. The van der Waals surface area contributed by atoms with Gasteiger partial charge in [-0.25, -0.2) is 13.4 Å². The number of methoxy groups -OCH3 is 1. The van der Waals surface area contributed by atoms with Gasteiger partial charge in [-0.3, -0.25) is 0 Å². The van der Waals surface area contributed by atoms with E-state index in [9.17, 15) is 8.42 Å². The summed E-state index contributed by atoms with van der Waals surface area (Å²) < 4.78 is 33.0.